The Bertz CT molecular complexity index is 328. The second-order valence-corrected chi connectivity index (χ2v) is 2.87. The molecule has 5 nitrogen and oxygen atoms in total. The van der Waals surface area contributed by atoms with Crippen LogP contribution in [0.5, 0.6) is 5.88 Å². The molecule has 0 atom stereocenters. The fraction of sp³-hybridized carbons (Fsp3) is 0.333. The second kappa shape index (κ2) is 4.45. The predicted octanol–water partition coefficient (Wildman–Crippen LogP) is 0.601. The van der Waals surface area contributed by atoms with Crippen molar-refractivity contribution in [2.75, 3.05) is 14.2 Å². The number of primary amides is 1. The molecule has 1 aromatic rings. The lowest BCUT2D eigenvalue weighted by molar-refractivity contribution is 0.216. The Kier molecular flexibility index (Phi) is 3.28. The minimum Gasteiger partial charge on any atom is -0.481 e. The molecule has 0 saturated heterocycles. The number of amides is 2. The number of hydrogen-bond acceptors (Lipinski definition) is 3. The van der Waals surface area contributed by atoms with E-state index < -0.39 is 6.03 Å². The molecule has 1 aromatic heterocycles. The van der Waals surface area contributed by atoms with E-state index in [-0.39, 0.29) is 0 Å². The molecule has 5 heteroatoms. The van der Waals surface area contributed by atoms with Gasteiger partial charge in [-0.05, 0) is 6.07 Å². The molecule has 2 N–H and O–H groups in total. The van der Waals surface area contributed by atoms with Crippen LogP contribution < -0.4 is 10.5 Å². The van der Waals surface area contributed by atoms with Crippen LogP contribution in [-0.4, -0.2) is 30.1 Å². The number of aromatic nitrogens is 1. The molecule has 0 aliphatic heterocycles. The van der Waals surface area contributed by atoms with Crippen molar-refractivity contribution in [2.45, 2.75) is 6.54 Å². The quantitative estimate of drug-likeness (QED) is 0.767. The molecule has 1 heterocycles. The van der Waals surface area contributed by atoms with Crippen LogP contribution in [0.4, 0.5) is 4.79 Å². The van der Waals surface area contributed by atoms with Crippen LogP contribution in [0.1, 0.15) is 5.69 Å². The van der Waals surface area contributed by atoms with Gasteiger partial charge in [0.05, 0.1) is 19.3 Å². The number of nitrogens with zero attached hydrogens (tertiary/aromatic N) is 2. The average Bonchev–Trinajstić information content (AvgIpc) is 2.18. The molecule has 0 unspecified atom stereocenters. The van der Waals surface area contributed by atoms with Gasteiger partial charge in [0.25, 0.3) is 0 Å². The third kappa shape index (κ3) is 2.62. The summed E-state index contributed by atoms with van der Waals surface area (Å²) in [7, 11) is 3.16. The third-order valence-electron chi connectivity index (χ3n) is 1.77. The number of methoxy groups -OCH3 is 1. The number of rotatable bonds is 3. The minimum absolute atomic E-state index is 0.381. The van der Waals surface area contributed by atoms with Gasteiger partial charge in [-0.2, -0.15) is 0 Å². The van der Waals surface area contributed by atoms with Crippen molar-refractivity contribution in [1.29, 1.82) is 0 Å². The van der Waals surface area contributed by atoms with Crippen molar-refractivity contribution < 1.29 is 9.53 Å². The van der Waals surface area contributed by atoms with E-state index in [1.165, 1.54) is 4.90 Å². The molecule has 0 spiro atoms. The fourth-order valence-electron chi connectivity index (χ4n) is 0.980. The third-order valence-corrected chi connectivity index (χ3v) is 1.77. The lowest BCUT2D eigenvalue weighted by Gasteiger charge is -2.13. The molecule has 1 rings (SSSR count). The van der Waals surface area contributed by atoms with Gasteiger partial charge in [0, 0.05) is 13.1 Å². The highest BCUT2D eigenvalue weighted by Crippen LogP contribution is 2.07. The summed E-state index contributed by atoms with van der Waals surface area (Å²) >= 11 is 0. The SMILES string of the molecule is COc1cccc(CN(C)C(N)=O)n1. The van der Waals surface area contributed by atoms with Crippen molar-refractivity contribution >= 4 is 6.03 Å². The van der Waals surface area contributed by atoms with Gasteiger partial charge in [-0.25, -0.2) is 9.78 Å². The zero-order valence-electron chi connectivity index (χ0n) is 8.23. The van der Waals surface area contributed by atoms with E-state index in [2.05, 4.69) is 4.98 Å². The van der Waals surface area contributed by atoms with Crippen molar-refractivity contribution in [3.8, 4) is 5.88 Å². The van der Waals surface area contributed by atoms with Crippen LogP contribution in [0, 0.1) is 0 Å². The minimum atomic E-state index is -0.477. The zero-order valence-corrected chi connectivity index (χ0v) is 8.23. The van der Waals surface area contributed by atoms with E-state index in [0.29, 0.717) is 12.4 Å². The van der Waals surface area contributed by atoms with Crippen LogP contribution in [0.3, 0.4) is 0 Å². The molecule has 0 aliphatic carbocycles. The van der Waals surface area contributed by atoms with Crippen molar-refractivity contribution in [1.82, 2.24) is 9.88 Å². The Morgan fingerprint density at radius 2 is 2.36 bits per heavy atom. The van der Waals surface area contributed by atoms with E-state index in [0.717, 1.165) is 5.69 Å². The number of nitrogens with two attached hydrogens (primary N) is 1. The normalized spacial score (nSPS) is 9.57. The van der Waals surface area contributed by atoms with Gasteiger partial charge in [-0.1, -0.05) is 6.07 Å². The van der Waals surface area contributed by atoms with E-state index in [1.54, 1.807) is 20.2 Å². The van der Waals surface area contributed by atoms with Crippen molar-refractivity contribution in [2.24, 2.45) is 5.73 Å². The molecular weight excluding hydrogens is 182 g/mol. The van der Waals surface area contributed by atoms with Crippen molar-refractivity contribution in [3.63, 3.8) is 0 Å². The number of urea groups is 1. The molecule has 0 fully saturated rings. The average molecular weight is 195 g/mol. The number of pyridine rings is 1. The van der Waals surface area contributed by atoms with Gasteiger partial charge in [0.2, 0.25) is 5.88 Å². The lowest BCUT2D eigenvalue weighted by Crippen LogP contribution is -2.31. The predicted molar refractivity (Wildman–Crippen MR) is 51.8 cm³/mol. The Hall–Kier alpha value is -1.78. The Morgan fingerprint density at radius 1 is 1.64 bits per heavy atom. The summed E-state index contributed by atoms with van der Waals surface area (Å²) in [5.41, 5.74) is 5.82. The molecule has 76 valence electrons. The van der Waals surface area contributed by atoms with Gasteiger partial charge in [0.1, 0.15) is 0 Å². The molecule has 2 amide bonds. The smallest absolute Gasteiger partial charge is 0.314 e. The maximum Gasteiger partial charge on any atom is 0.314 e. The van der Waals surface area contributed by atoms with E-state index in [9.17, 15) is 4.79 Å². The van der Waals surface area contributed by atoms with Crippen molar-refractivity contribution in [3.05, 3.63) is 23.9 Å². The molecule has 14 heavy (non-hydrogen) atoms. The summed E-state index contributed by atoms with van der Waals surface area (Å²) in [5, 5.41) is 0. The number of hydrogen-bond donors (Lipinski definition) is 1. The van der Waals surface area contributed by atoms with Gasteiger partial charge in [-0.3, -0.25) is 0 Å². The van der Waals surface area contributed by atoms with Crippen LogP contribution >= 0.6 is 0 Å². The zero-order chi connectivity index (χ0) is 10.6. The maximum absolute atomic E-state index is 10.7. The lowest BCUT2D eigenvalue weighted by atomic mass is 10.3. The van der Waals surface area contributed by atoms with Gasteiger partial charge >= 0.3 is 6.03 Å². The molecule has 0 bridgehead atoms. The first kappa shape index (κ1) is 10.3. The van der Waals surface area contributed by atoms with Crippen LogP contribution in [-0.2, 0) is 6.54 Å². The first-order valence-electron chi connectivity index (χ1n) is 4.14. The van der Waals surface area contributed by atoms with E-state index in [4.69, 9.17) is 10.5 Å². The largest absolute Gasteiger partial charge is 0.481 e. The topological polar surface area (TPSA) is 68.5 Å². The second-order valence-electron chi connectivity index (χ2n) is 2.87. The standard InChI is InChI=1S/C9H13N3O2/c1-12(9(10)13)6-7-4-3-5-8(11-7)14-2/h3-5H,6H2,1-2H3,(H2,10,13). The monoisotopic (exact) mass is 195 g/mol. The molecule has 0 aliphatic rings. The summed E-state index contributed by atoms with van der Waals surface area (Å²) in [4.78, 5) is 16.3. The molecule has 0 aromatic carbocycles. The Balaban J connectivity index is 2.71. The highest BCUT2D eigenvalue weighted by atomic mass is 16.5. The highest BCUT2D eigenvalue weighted by molar-refractivity contribution is 5.71. The Morgan fingerprint density at radius 3 is 2.93 bits per heavy atom. The number of ether oxygens (including phenoxy) is 1. The summed E-state index contributed by atoms with van der Waals surface area (Å²) < 4.78 is 4.95. The van der Waals surface area contributed by atoms with Crippen LogP contribution in [0.15, 0.2) is 18.2 Å². The van der Waals surface area contributed by atoms with Gasteiger partial charge in [0.15, 0.2) is 0 Å². The van der Waals surface area contributed by atoms with Crippen LogP contribution in [0.2, 0.25) is 0 Å². The highest BCUT2D eigenvalue weighted by Gasteiger charge is 2.05. The Labute approximate surface area is 82.5 Å². The fourth-order valence-corrected chi connectivity index (χ4v) is 0.980. The van der Waals surface area contributed by atoms with Gasteiger partial charge < -0.3 is 15.4 Å². The molecule has 0 radical (unpaired) electrons. The summed E-state index contributed by atoms with van der Waals surface area (Å²) in [6.07, 6.45) is 0. The van der Waals surface area contributed by atoms with E-state index in [1.807, 2.05) is 12.1 Å². The van der Waals surface area contributed by atoms with E-state index >= 15 is 0 Å². The molecule has 0 saturated carbocycles. The number of carbonyl (C=O) groups is 1. The maximum atomic E-state index is 10.7. The summed E-state index contributed by atoms with van der Waals surface area (Å²) in [6.45, 7) is 0.381. The van der Waals surface area contributed by atoms with Gasteiger partial charge in [-0.15, -0.1) is 0 Å². The summed E-state index contributed by atoms with van der Waals surface area (Å²) in [6, 6.07) is 4.89. The first-order chi connectivity index (χ1) is 6.63. The van der Waals surface area contributed by atoms with Crippen LogP contribution in [0.25, 0.3) is 0 Å². The molecular formula is C9H13N3O2. The number of carbonyl (C=O) groups excluding carboxylic acids is 1. The first-order valence-corrected chi connectivity index (χ1v) is 4.14. The summed E-state index contributed by atoms with van der Waals surface area (Å²) in [5.74, 6) is 0.528.